The highest BCUT2D eigenvalue weighted by atomic mass is 32.2. The molecular weight excluding hydrogens is 319 g/mol. The Hall–Kier alpha value is -1.77. The zero-order chi connectivity index (χ0) is 16.8. The number of nitrogens with zero attached hydrogens (tertiary/aromatic N) is 1. The summed E-state index contributed by atoms with van der Waals surface area (Å²) in [6.07, 6.45) is -3.74. The summed E-state index contributed by atoms with van der Waals surface area (Å²) in [6.45, 7) is 4.26. The smallest absolute Gasteiger partial charge is 0.338 e. The average Bonchev–Trinajstić information content (AvgIpc) is 2.42. The van der Waals surface area contributed by atoms with Crippen molar-refractivity contribution in [2.24, 2.45) is 5.92 Å². The standard InChI is InChI=1S/C13H16F3N3O2S/c1-8(2)5-18-12(21)19-10(20)7-22-11-4-3-9(6-17-11)13(14,15)16/h3-4,6,8H,5,7H2,1-2H3,(H2,18,19,20,21). The van der Waals surface area contributed by atoms with E-state index < -0.39 is 23.7 Å². The number of aromatic nitrogens is 1. The predicted molar refractivity (Wildman–Crippen MR) is 76.3 cm³/mol. The van der Waals surface area contributed by atoms with Crippen LogP contribution in [-0.4, -0.2) is 29.2 Å². The van der Waals surface area contributed by atoms with Crippen molar-refractivity contribution in [1.29, 1.82) is 0 Å². The Bertz CT molecular complexity index is 518. The number of hydrogen-bond acceptors (Lipinski definition) is 4. The highest BCUT2D eigenvalue weighted by molar-refractivity contribution is 7.99. The topological polar surface area (TPSA) is 71.1 Å². The lowest BCUT2D eigenvalue weighted by molar-refractivity contribution is -0.137. The summed E-state index contributed by atoms with van der Waals surface area (Å²) in [5.41, 5.74) is -0.852. The van der Waals surface area contributed by atoms with Gasteiger partial charge in [-0.05, 0) is 18.1 Å². The van der Waals surface area contributed by atoms with Gasteiger partial charge in [-0.25, -0.2) is 9.78 Å². The summed E-state index contributed by atoms with van der Waals surface area (Å²) < 4.78 is 37.1. The van der Waals surface area contributed by atoms with E-state index >= 15 is 0 Å². The molecule has 0 bridgehead atoms. The van der Waals surface area contributed by atoms with E-state index in [4.69, 9.17) is 0 Å². The quantitative estimate of drug-likeness (QED) is 0.812. The zero-order valence-corrected chi connectivity index (χ0v) is 12.8. The van der Waals surface area contributed by atoms with Gasteiger partial charge in [0.25, 0.3) is 0 Å². The molecule has 0 saturated carbocycles. The van der Waals surface area contributed by atoms with Crippen LogP contribution in [0.15, 0.2) is 23.4 Å². The van der Waals surface area contributed by atoms with Gasteiger partial charge in [0, 0.05) is 12.7 Å². The molecule has 9 heteroatoms. The maximum Gasteiger partial charge on any atom is 0.417 e. The SMILES string of the molecule is CC(C)CNC(=O)NC(=O)CSc1ccc(C(F)(F)F)cn1. The molecule has 1 heterocycles. The van der Waals surface area contributed by atoms with Crippen LogP contribution in [0.25, 0.3) is 0 Å². The summed E-state index contributed by atoms with van der Waals surface area (Å²) in [4.78, 5) is 26.4. The van der Waals surface area contributed by atoms with Gasteiger partial charge in [-0.15, -0.1) is 0 Å². The second-order valence-corrected chi connectivity index (χ2v) is 5.82. The van der Waals surface area contributed by atoms with Gasteiger partial charge in [0.05, 0.1) is 16.3 Å². The van der Waals surface area contributed by atoms with Gasteiger partial charge in [0.1, 0.15) is 0 Å². The number of hydrogen-bond donors (Lipinski definition) is 2. The Labute approximate surface area is 130 Å². The molecule has 122 valence electrons. The molecule has 0 aromatic carbocycles. The van der Waals surface area contributed by atoms with Crippen molar-refractivity contribution in [3.8, 4) is 0 Å². The summed E-state index contributed by atoms with van der Waals surface area (Å²) in [5.74, 6) is -0.410. The molecule has 1 aromatic heterocycles. The molecule has 3 amide bonds. The number of carbonyl (C=O) groups excluding carboxylic acids is 2. The molecule has 0 aliphatic heterocycles. The first-order chi connectivity index (χ1) is 10.2. The fourth-order valence-corrected chi connectivity index (χ4v) is 1.92. The number of halogens is 3. The molecule has 0 aliphatic rings. The van der Waals surface area contributed by atoms with Crippen LogP contribution in [-0.2, 0) is 11.0 Å². The number of pyridine rings is 1. The number of imide groups is 1. The molecule has 0 saturated heterocycles. The van der Waals surface area contributed by atoms with Crippen molar-refractivity contribution in [2.45, 2.75) is 25.0 Å². The van der Waals surface area contributed by atoms with Crippen LogP contribution in [0, 0.1) is 5.92 Å². The molecule has 0 radical (unpaired) electrons. The fourth-order valence-electron chi connectivity index (χ4n) is 1.28. The van der Waals surface area contributed by atoms with Gasteiger partial charge in [-0.2, -0.15) is 13.2 Å². The molecule has 1 rings (SSSR count). The van der Waals surface area contributed by atoms with E-state index in [9.17, 15) is 22.8 Å². The molecule has 0 atom stereocenters. The normalized spacial score (nSPS) is 11.4. The minimum atomic E-state index is -4.44. The average molecular weight is 335 g/mol. The van der Waals surface area contributed by atoms with Gasteiger partial charge in [-0.3, -0.25) is 10.1 Å². The van der Waals surface area contributed by atoms with Gasteiger partial charge in [0.2, 0.25) is 5.91 Å². The number of rotatable bonds is 5. The van der Waals surface area contributed by atoms with Crippen LogP contribution in [0.3, 0.4) is 0 Å². The van der Waals surface area contributed by atoms with Crippen molar-refractivity contribution in [2.75, 3.05) is 12.3 Å². The van der Waals surface area contributed by atoms with Crippen molar-refractivity contribution >= 4 is 23.7 Å². The first-order valence-electron chi connectivity index (χ1n) is 6.42. The van der Waals surface area contributed by atoms with Crippen molar-refractivity contribution in [1.82, 2.24) is 15.6 Å². The Morgan fingerprint density at radius 1 is 1.32 bits per heavy atom. The molecular formula is C13H16F3N3O2S. The highest BCUT2D eigenvalue weighted by Gasteiger charge is 2.30. The van der Waals surface area contributed by atoms with E-state index in [1.165, 1.54) is 6.07 Å². The number of alkyl halides is 3. The van der Waals surface area contributed by atoms with Gasteiger partial charge in [0.15, 0.2) is 0 Å². The van der Waals surface area contributed by atoms with E-state index in [1.807, 2.05) is 13.8 Å². The third-order valence-electron chi connectivity index (χ3n) is 2.34. The van der Waals surface area contributed by atoms with E-state index in [1.54, 1.807) is 0 Å². The maximum absolute atomic E-state index is 12.4. The summed E-state index contributed by atoms with van der Waals surface area (Å²) in [7, 11) is 0. The van der Waals surface area contributed by atoms with Gasteiger partial charge in [-0.1, -0.05) is 25.6 Å². The lowest BCUT2D eigenvalue weighted by atomic mass is 10.2. The molecule has 22 heavy (non-hydrogen) atoms. The molecule has 5 nitrogen and oxygen atoms in total. The largest absolute Gasteiger partial charge is 0.417 e. The minimum absolute atomic E-state index is 0.118. The van der Waals surface area contributed by atoms with Gasteiger partial charge >= 0.3 is 12.2 Å². The minimum Gasteiger partial charge on any atom is -0.338 e. The van der Waals surface area contributed by atoms with Crippen molar-refractivity contribution < 1.29 is 22.8 Å². The van der Waals surface area contributed by atoms with E-state index in [-0.39, 0.29) is 16.7 Å². The first-order valence-corrected chi connectivity index (χ1v) is 7.40. The highest BCUT2D eigenvalue weighted by Crippen LogP contribution is 2.29. The maximum atomic E-state index is 12.4. The second kappa shape index (κ2) is 8.02. The first kappa shape index (κ1) is 18.3. The van der Waals surface area contributed by atoms with Crippen LogP contribution in [0.4, 0.5) is 18.0 Å². The molecule has 0 unspecified atom stereocenters. The Morgan fingerprint density at radius 2 is 2.00 bits per heavy atom. The fraction of sp³-hybridized carbons (Fsp3) is 0.462. The van der Waals surface area contributed by atoms with Crippen molar-refractivity contribution in [3.05, 3.63) is 23.9 Å². The third-order valence-corrected chi connectivity index (χ3v) is 3.28. The van der Waals surface area contributed by atoms with Gasteiger partial charge < -0.3 is 5.32 Å². The lowest BCUT2D eigenvalue weighted by Crippen LogP contribution is -2.41. The second-order valence-electron chi connectivity index (χ2n) is 4.82. The summed E-state index contributed by atoms with van der Waals surface area (Å²) >= 11 is 0.944. The molecule has 0 spiro atoms. The molecule has 2 N–H and O–H groups in total. The predicted octanol–water partition coefficient (Wildman–Crippen LogP) is 2.67. The van der Waals surface area contributed by atoms with Crippen LogP contribution in [0.5, 0.6) is 0 Å². The van der Waals surface area contributed by atoms with E-state index in [0.717, 1.165) is 17.8 Å². The Kier molecular flexibility index (Phi) is 6.66. The number of carbonyl (C=O) groups is 2. The molecule has 0 fully saturated rings. The molecule has 0 aliphatic carbocycles. The van der Waals surface area contributed by atoms with Crippen LogP contribution in [0.2, 0.25) is 0 Å². The van der Waals surface area contributed by atoms with E-state index in [0.29, 0.717) is 12.7 Å². The van der Waals surface area contributed by atoms with Crippen LogP contribution < -0.4 is 10.6 Å². The van der Waals surface area contributed by atoms with E-state index in [2.05, 4.69) is 15.6 Å². The molecule has 1 aromatic rings. The number of amides is 3. The number of urea groups is 1. The van der Waals surface area contributed by atoms with Crippen LogP contribution in [0.1, 0.15) is 19.4 Å². The zero-order valence-electron chi connectivity index (χ0n) is 12.0. The number of thioether (sulfide) groups is 1. The lowest BCUT2D eigenvalue weighted by Gasteiger charge is -2.08. The Morgan fingerprint density at radius 3 is 2.50 bits per heavy atom. The third kappa shape index (κ3) is 6.79. The van der Waals surface area contributed by atoms with Crippen molar-refractivity contribution in [3.63, 3.8) is 0 Å². The Balaban J connectivity index is 2.39. The van der Waals surface area contributed by atoms with Crippen LogP contribution >= 0.6 is 11.8 Å². The summed E-state index contributed by atoms with van der Waals surface area (Å²) in [5, 5.41) is 4.91. The number of nitrogens with one attached hydrogen (secondary N) is 2. The monoisotopic (exact) mass is 335 g/mol. The summed E-state index contributed by atoms with van der Waals surface area (Å²) in [6, 6.07) is 1.47.